The van der Waals surface area contributed by atoms with Crippen LogP contribution in [0.2, 0.25) is 0 Å². The Morgan fingerprint density at radius 3 is 2.41 bits per heavy atom. The molecule has 0 aromatic carbocycles. The highest BCUT2D eigenvalue weighted by atomic mass is 32.2. The number of H-pyrrole nitrogens is 1. The van der Waals surface area contributed by atoms with Crippen LogP contribution in [0, 0.1) is 0 Å². The molecule has 1 aromatic heterocycles. The highest BCUT2D eigenvalue weighted by molar-refractivity contribution is 7.89. The minimum absolute atomic E-state index is 0.351. The van der Waals surface area contributed by atoms with Crippen LogP contribution in [0.25, 0.3) is 0 Å². The van der Waals surface area contributed by atoms with E-state index >= 15 is 0 Å². The quantitative estimate of drug-likeness (QED) is 0.899. The topological polar surface area (TPSA) is 66.1 Å². The molecule has 0 spiro atoms. The van der Waals surface area contributed by atoms with E-state index in [2.05, 4.69) is 10.2 Å². The summed E-state index contributed by atoms with van der Waals surface area (Å²) in [7, 11) is -4.19. The summed E-state index contributed by atoms with van der Waals surface area (Å²) in [5, 5.41) is 5.21. The van der Waals surface area contributed by atoms with Crippen LogP contribution in [0.3, 0.4) is 0 Å². The molecule has 0 aliphatic rings. The molecule has 5 nitrogen and oxygen atoms in total. The standard InChI is InChI=1S/C8H12F3N3O2S/c1-6(2)14(5-8(9,10)11)17(15,16)7-3-4-12-13-7/h3-4,6H,5H2,1-2H3,(H,12,13). The van der Waals surface area contributed by atoms with Gasteiger partial charge in [0.25, 0.3) is 10.0 Å². The van der Waals surface area contributed by atoms with Crippen molar-refractivity contribution in [3.63, 3.8) is 0 Å². The van der Waals surface area contributed by atoms with Gasteiger partial charge in [-0.05, 0) is 19.9 Å². The summed E-state index contributed by atoms with van der Waals surface area (Å²) in [5.41, 5.74) is 0. The van der Waals surface area contributed by atoms with E-state index in [0.717, 1.165) is 6.07 Å². The van der Waals surface area contributed by atoms with E-state index in [-0.39, 0.29) is 5.03 Å². The number of hydrogen-bond acceptors (Lipinski definition) is 3. The first-order valence-corrected chi connectivity index (χ1v) is 6.16. The number of aromatic amines is 1. The second-order valence-electron chi connectivity index (χ2n) is 3.68. The average Bonchev–Trinajstić information content (AvgIpc) is 2.65. The van der Waals surface area contributed by atoms with Crippen molar-refractivity contribution in [1.82, 2.24) is 14.5 Å². The molecule has 98 valence electrons. The van der Waals surface area contributed by atoms with Crippen LogP contribution < -0.4 is 0 Å². The summed E-state index contributed by atoms with van der Waals surface area (Å²) in [6.45, 7) is 1.23. The molecule has 0 saturated carbocycles. The fourth-order valence-electron chi connectivity index (χ4n) is 1.23. The predicted octanol–water partition coefficient (Wildman–Crippen LogP) is 1.37. The fraction of sp³-hybridized carbons (Fsp3) is 0.625. The van der Waals surface area contributed by atoms with Gasteiger partial charge in [0.05, 0.1) is 6.20 Å². The van der Waals surface area contributed by atoms with Crippen LogP contribution in [0.15, 0.2) is 17.3 Å². The Morgan fingerprint density at radius 2 is 2.06 bits per heavy atom. The molecule has 0 aliphatic carbocycles. The summed E-state index contributed by atoms with van der Waals surface area (Å²) >= 11 is 0. The van der Waals surface area contributed by atoms with Gasteiger partial charge < -0.3 is 0 Å². The number of sulfonamides is 1. The first-order valence-electron chi connectivity index (χ1n) is 4.72. The Hall–Kier alpha value is -1.09. The van der Waals surface area contributed by atoms with Gasteiger partial charge in [0, 0.05) is 6.04 Å². The maximum absolute atomic E-state index is 12.3. The van der Waals surface area contributed by atoms with Gasteiger partial charge in [-0.2, -0.15) is 22.6 Å². The molecule has 0 fully saturated rings. The molecule has 0 saturated heterocycles. The third-order valence-electron chi connectivity index (χ3n) is 1.97. The molecular formula is C8H12F3N3O2S. The van der Waals surface area contributed by atoms with E-state index in [4.69, 9.17) is 0 Å². The van der Waals surface area contributed by atoms with Crippen molar-refractivity contribution < 1.29 is 21.6 Å². The average molecular weight is 271 g/mol. The monoisotopic (exact) mass is 271 g/mol. The van der Waals surface area contributed by atoms with Crippen LogP contribution in [-0.2, 0) is 10.0 Å². The van der Waals surface area contributed by atoms with Crippen LogP contribution in [0.5, 0.6) is 0 Å². The molecule has 0 amide bonds. The molecule has 1 heterocycles. The SMILES string of the molecule is CC(C)N(CC(F)(F)F)S(=O)(=O)c1ccn[nH]1. The van der Waals surface area contributed by atoms with Gasteiger partial charge in [-0.15, -0.1) is 0 Å². The van der Waals surface area contributed by atoms with Gasteiger partial charge in [-0.3, -0.25) is 5.10 Å². The molecule has 0 atom stereocenters. The zero-order valence-corrected chi connectivity index (χ0v) is 10.0. The molecule has 1 aromatic rings. The lowest BCUT2D eigenvalue weighted by Crippen LogP contribution is -2.43. The lowest BCUT2D eigenvalue weighted by Gasteiger charge is -2.25. The van der Waals surface area contributed by atoms with Crippen molar-refractivity contribution in [3.8, 4) is 0 Å². The highest BCUT2D eigenvalue weighted by Crippen LogP contribution is 2.23. The maximum Gasteiger partial charge on any atom is 0.402 e. The van der Waals surface area contributed by atoms with Gasteiger partial charge in [0.2, 0.25) is 0 Å². The number of aromatic nitrogens is 2. The number of nitrogens with zero attached hydrogens (tertiary/aromatic N) is 2. The zero-order chi connectivity index (χ0) is 13.3. The van der Waals surface area contributed by atoms with Crippen LogP contribution in [0.4, 0.5) is 13.2 Å². The van der Waals surface area contributed by atoms with Gasteiger partial charge in [-0.1, -0.05) is 0 Å². The predicted molar refractivity (Wildman–Crippen MR) is 53.7 cm³/mol. The van der Waals surface area contributed by atoms with E-state index in [9.17, 15) is 21.6 Å². The molecule has 0 unspecified atom stereocenters. The maximum atomic E-state index is 12.3. The number of hydrogen-bond donors (Lipinski definition) is 1. The summed E-state index contributed by atoms with van der Waals surface area (Å²) in [6, 6.07) is 0.311. The van der Waals surface area contributed by atoms with Crippen LogP contribution in [-0.4, -0.2) is 41.7 Å². The largest absolute Gasteiger partial charge is 0.402 e. The third kappa shape index (κ3) is 3.43. The molecular weight excluding hydrogens is 259 g/mol. The Morgan fingerprint density at radius 1 is 1.47 bits per heavy atom. The summed E-state index contributed by atoms with van der Waals surface area (Å²) in [5.74, 6) is 0. The minimum atomic E-state index is -4.59. The molecule has 17 heavy (non-hydrogen) atoms. The van der Waals surface area contributed by atoms with Gasteiger partial charge in [0.1, 0.15) is 6.54 Å². The number of rotatable bonds is 4. The molecule has 9 heteroatoms. The van der Waals surface area contributed by atoms with Gasteiger partial charge in [0.15, 0.2) is 5.03 Å². The molecule has 0 radical (unpaired) electrons. The Balaban J connectivity index is 3.08. The van der Waals surface area contributed by atoms with Crippen molar-refractivity contribution in [2.75, 3.05) is 6.54 Å². The van der Waals surface area contributed by atoms with E-state index in [1.807, 2.05) is 0 Å². The first kappa shape index (κ1) is 14.0. The van der Waals surface area contributed by atoms with Crippen molar-refractivity contribution in [1.29, 1.82) is 0 Å². The molecule has 1 rings (SSSR count). The third-order valence-corrected chi connectivity index (χ3v) is 3.92. The molecule has 0 bridgehead atoms. The number of nitrogens with one attached hydrogen (secondary N) is 1. The van der Waals surface area contributed by atoms with Crippen LogP contribution >= 0.6 is 0 Å². The zero-order valence-electron chi connectivity index (χ0n) is 9.19. The van der Waals surface area contributed by atoms with E-state index in [1.54, 1.807) is 0 Å². The van der Waals surface area contributed by atoms with Crippen molar-refractivity contribution >= 4 is 10.0 Å². The Kier molecular flexibility index (Phi) is 3.82. The van der Waals surface area contributed by atoms with E-state index in [0.29, 0.717) is 4.31 Å². The molecule has 0 aliphatic heterocycles. The van der Waals surface area contributed by atoms with Crippen molar-refractivity contribution in [2.24, 2.45) is 0 Å². The summed E-state index contributed by atoms with van der Waals surface area (Å²) < 4.78 is 61.0. The Labute approximate surface area is 96.7 Å². The summed E-state index contributed by atoms with van der Waals surface area (Å²) in [4.78, 5) is 0. The van der Waals surface area contributed by atoms with Crippen molar-refractivity contribution in [2.45, 2.75) is 31.1 Å². The van der Waals surface area contributed by atoms with Crippen LogP contribution in [0.1, 0.15) is 13.8 Å². The Bertz CT molecular complexity index is 453. The van der Waals surface area contributed by atoms with Gasteiger partial charge >= 0.3 is 6.18 Å². The smallest absolute Gasteiger partial charge is 0.266 e. The molecule has 1 N–H and O–H groups in total. The van der Waals surface area contributed by atoms with E-state index in [1.165, 1.54) is 20.0 Å². The normalized spacial score (nSPS) is 13.6. The van der Waals surface area contributed by atoms with Gasteiger partial charge in [-0.25, -0.2) is 8.42 Å². The minimum Gasteiger partial charge on any atom is -0.266 e. The first-order chi connectivity index (χ1) is 7.64. The van der Waals surface area contributed by atoms with E-state index < -0.39 is 28.8 Å². The second kappa shape index (κ2) is 4.65. The summed E-state index contributed by atoms with van der Waals surface area (Å²) in [6.07, 6.45) is -3.42. The number of halogens is 3. The highest BCUT2D eigenvalue weighted by Gasteiger charge is 2.38. The second-order valence-corrected chi connectivity index (χ2v) is 5.54. The lowest BCUT2D eigenvalue weighted by atomic mass is 10.4. The van der Waals surface area contributed by atoms with Crippen molar-refractivity contribution in [3.05, 3.63) is 12.3 Å². The number of alkyl halides is 3. The lowest BCUT2D eigenvalue weighted by molar-refractivity contribution is -0.138. The fourth-order valence-corrected chi connectivity index (χ4v) is 2.76.